The molecule has 3 rings (SSSR count). The van der Waals surface area contributed by atoms with Crippen LogP contribution in [0.5, 0.6) is 0 Å². The van der Waals surface area contributed by atoms with Crippen molar-refractivity contribution in [3.05, 3.63) is 52.2 Å². The number of nitrogens with zero attached hydrogens (tertiary/aromatic N) is 1. The fourth-order valence-electron chi connectivity index (χ4n) is 3.13. The fraction of sp³-hybridized carbons (Fsp3) is 0.400. The molecule has 0 spiro atoms. The summed E-state index contributed by atoms with van der Waals surface area (Å²) in [5, 5.41) is 13.9. The van der Waals surface area contributed by atoms with Crippen LogP contribution in [0.25, 0.3) is 0 Å². The Hall–Kier alpha value is -1.61. The Kier molecular flexibility index (Phi) is 8.56. The number of hydrogen-bond donors (Lipinski definition) is 3. The Balaban J connectivity index is 0.00000261. The third-order valence-corrected chi connectivity index (χ3v) is 5.30. The molecule has 7 heteroatoms. The van der Waals surface area contributed by atoms with Crippen molar-refractivity contribution in [1.82, 2.24) is 10.6 Å². The van der Waals surface area contributed by atoms with Crippen LogP contribution in [0.3, 0.4) is 0 Å². The average molecular weight is 498 g/mol. The number of carbonyl (C=O) groups is 1. The molecule has 3 N–H and O–H groups in total. The molecule has 2 aromatic rings. The maximum Gasteiger partial charge on any atom is 0.225 e. The number of halogens is 1. The molecule has 0 bridgehead atoms. The zero-order valence-corrected chi connectivity index (χ0v) is 18.8. The minimum atomic E-state index is 0. The van der Waals surface area contributed by atoms with E-state index in [-0.39, 0.29) is 35.8 Å². The highest BCUT2D eigenvalue weighted by Gasteiger charge is 2.24. The molecule has 0 aliphatic carbocycles. The fourth-order valence-corrected chi connectivity index (χ4v) is 3.92. The van der Waals surface area contributed by atoms with E-state index in [9.17, 15) is 4.79 Å². The number of amides is 1. The predicted octanol–water partition coefficient (Wildman–Crippen LogP) is 4.15. The molecule has 1 aromatic carbocycles. The quantitative estimate of drug-likeness (QED) is 0.319. The van der Waals surface area contributed by atoms with E-state index in [0.29, 0.717) is 18.9 Å². The van der Waals surface area contributed by atoms with Crippen molar-refractivity contribution in [3.63, 3.8) is 0 Å². The Morgan fingerprint density at radius 3 is 2.89 bits per heavy atom. The van der Waals surface area contributed by atoms with Gasteiger partial charge in [-0.15, -0.1) is 24.0 Å². The number of aliphatic imine (C=N–C) groups is 1. The summed E-state index contributed by atoms with van der Waals surface area (Å²) >= 11 is 1.72. The van der Waals surface area contributed by atoms with Gasteiger partial charge in [0.15, 0.2) is 5.96 Å². The molecule has 0 radical (unpaired) electrons. The van der Waals surface area contributed by atoms with E-state index in [1.54, 1.807) is 11.3 Å². The van der Waals surface area contributed by atoms with Gasteiger partial charge in [-0.05, 0) is 40.9 Å². The summed E-state index contributed by atoms with van der Waals surface area (Å²) in [6.07, 6.45) is 0.495. The smallest absolute Gasteiger partial charge is 0.225 e. The molecule has 5 nitrogen and oxygen atoms in total. The number of guanidine groups is 1. The van der Waals surface area contributed by atoms with Crippen LogP contribution in [0.15, 0.2) is 46.1 Å². The molecule has 1 aromatic heterocycles. The highest BCUT2D eigenvalue weighted by atomic mass is 127. The van der Waals surface area contributed by atoms with E-state index in [0.717, 1.165) is 24.7 Å². The first kappa shape index (κ1) is 21.7. The van der Waals surface area contributed by atoms with Crippen molar-refractivity contribution in [3.8, 4) is 0 Å². The summed E-state index contributed by atoms with van der Waals surface area (Å²) in [5.74, 6) is 1.41. The van der Waals surface area contributed by atoms with Gasteiger partial charge in [-0.1, -0.05) is 25.1 Å². The number of thiophene rings is 1. The van der Waals surface area contributed by atoms with Gasteiger partial charge in [0.2, 0.25) is 5.91 Å². The standard InChI is InChI=1S/C20H26N4OS.HI/c1-3-21-20(22-11-14(2)15-8-9-26-13-15)23-12-16-10-19(25)24-18-7-5-4-6-17(16)18;/h4-9,13-14,16H,3,10-12H2,1-2H3,(H,24,25)(H2,21,22,23);1H. The average Bonchev–Trinajstić information content (AvgIpc) is 3.18. The van der Waals surface area contributed by atoms with Crippen molar-refractivity contribution in [1.29, 1.82) is 0 Å². The lowest BCUT2D eigenvalue weighted by atomic mass is 9.90. The van der Waals surface area contributed by atoms with Crippen LogP contribution >= 0.6 is 35.3 Å². The van der Waals surface area contributed by atoms with E-state index >= 15 is 0 Å². The second-order valence-electron chi connectivity index (χ2n) is 6.59. The number of rotatable bonds is 6. The second kappa shape index (κ2) is 10.7. The van der Waals surface area contributed by atoms with Crippen LogP contribution in [0, 0.1) is 0 Å². The minimum Gasteiger partial charge on any atom is -0.357 e. The molecular weight excluding hydrogens is 471 g/mol. The number of hydrogen-bond acceptors (Lipinski definition) is 3. The van der Waals surface area contributed by atoms with Crippen molar-refractivity contribution >= 4 is 52.9 Å². The molecule has 0 saturated heterocycles. The molecule has 1 amide bonds. The van der Waals surface area contributed by atoms with E-state index in [2.05, 4.69) is 52.7 Å². The summed E-state index contributed by atoms with van der Waals surface area (Å²) in [6, 6.07) is 10.2. The number of fused-ring (bicyclic) bond motifs is 1. The summed E-state index contributed by atoms with van der Waals surface area (Å²) < 4.78 is 0. The van der Waals surface area contributed by atoms with E-state index in [1.807, 2.05) is 18.2 Å². The molecule has 27 heavy (non-hydrogen) atoms. The Labute approximate surface area is 182 Å². The van der Waals surface area contributed by atoms with Gasteiger partial charge in [0.1, 0.15) is 0 Å². The third kappa shape index (κ3) is 5.93. The number of para-hydroxylation sites is 1. The van der Waals surface area contributed by atoms with Crippen LogP contribution < -0.4 is 16.0 Å². The highest BCUT2D eigenvalue weighted by molar-refractivity contribution is 14.0. The van der Waals surface area contributed by atoms with Gasteiger partial charge in [-0.2, -0.15) is 11.3 Å². The van der Waals surface area contributed by atoms with Gasteiger partial charge < -0.3 is 16.0 Å². The van der Waals surface area contributed by atoms with Crippen LogP contribution in [0.1, 0.15) is 43.2 Å². The Morgan fingerprint density at radius 2 is 2.15 bits per heavy atom. The first-order valence-corrected chi connectivity index (χ1v) is 10.0. The lowest BCUT2D eigenvalue weighted by Gasteiger charge is -2.26. The second-order valence-corrected chi connectivity index (χ2v) is 7.37. The number of nitrogens with one attached hydrogen (secondary N) is 3. The first-order valence-electron chi connectivity index (χ1n) is 9.10. The van der Waals surface area contributed by atoms with Crippen molar-refractivity contribution < 1.29 is 4.79 Å². The summed E-state index contributed by atoms with van der Waals surface area (Å²) in [6.45, 7) is 6.47. The summed E-state index contributed by atoms with van der Waals surface area (Å²) in [4.78, 5) is 16.7. The largest absolute Gasteiger partial charge is 0.357 e. The lowest BCUT2D eigenvalue weighted by molar-refractivity contribution is -0.116. The van der Waals surface area contributed by atoms with Gasteiger partial charge >= 0.3 is 0 Å². The van der Waals surface area contributed by atoms with Gasteiger partial charge in [0.25, 0.3) is 0 Å². The maximum atomic E-state index is 12.0. The molecule has 0 fully saturated rings. The van der Waals surface area contributed by atoms with E-state index in [4.69, 9.17) is 4.99 Å². The first-order chi connectivity index (χ1) is 12.7. The van der Waals surface area contributed by atoms with Crippen LogP contribution in [0.2, 0.25) is 0 Å². The Bertz CT molecular complexity index is 763. The molecule has 1 aliphatic heterocycles. The zero-order valence-electron chi connectivity index (χ0n) is 15.7. The summed E-state index contributed by atoms with van der Waals surface area (Å²) in [7, 11) is 0. The molecule has 2 heterocycles. The van der Waals surface area contributed by atoms with Gasteiger partial charge in [0, 0.05) is 43.6 Å². The molecular formula is C20H27IN4OS. The van der Waals surface area contributed by atoms with Crippen LogP contribution in [-0.2, 0) is 4.79 Å². The molecule has 2 unspecified atom stereocenters. The van der Waals surface area contributed by atoms with Crippen LogP contribution in [-0.4, -0.2) is 31.5 Å². The Morgan fingerprint density at radius 1 is 1.33 bits per heavy atom. The summed E-state index contributed by atoms with van der Waals surface area (Å²) in [5.41, 5.74) is 3.43. The molecule has 0 saturated carbocycles. The van der Waals surface area contributed by atoms with Crippen molar-refractivity contribution in [2.75, 3.05) is 25.0 Å². The van der Waals surface area contributed by atoms with Crippen molar-refractivity contribution in [2.24, 2.45) is 4.99 Å². The monoisotopic (exact) mass is 498 g/mol. The van der Waals surface area contributed by atoms with Crippen LogP contribution in [0.4, 0.5) is 5.69 Å². The maximum absolute atomic E-state index is 12.0. The molecule has 1 aliphatic rings. The number of anilines is 1. The molecule has 2 atom stereocenters. The third-order valence-electron chi connectivity index (χ3n) is 4.60. The van der Waals surface area contributed by atoms with Gasteiger partial charge in [-0.3, -0.25) is 9.79 Å². The normalized spacial score (nSPS) is 17.3. The highest BCUT2D eigenvalue weighted by Crippen LogP contribution is 2.31. The topological polar surface area (TPSA) is 65.5 Å². The number of benzene rings is 1. The number of carbonyl (C=O) groups excluding carboxylic acids is 1. The van der Waals surface area contributed by atoms with Gasteiger partial charge in [0.05, 0.1) is 0 Å². The molecule has 146 valence electrons. The lowest BCUT2D eigenvalue weighted by Crippen LogP contribution is -2.41. The zero-order chi connectivity index (χ0) is 18.4. The van der Waals surface area contributed by atoms with E-state index < -0.39 is 0 Å². The van der Waals surface area contributed by atoms with Crippen molar-refractivity contribution in [2.45, 2.75) is 32.1 Å². The predicted molar refractivity (Wildman–Crippen MR) is 125 cm³/mol. The minimum absolute atomic E-state index is 0. The van der Waals surface area contributed by atoms with E-state index in [1.165, 1.54) is 11.1 Å². The SMILES string of the molecule is CCNC(=NCC(C)c1ccsc1)NCC1CC(=O)Nc2ccccc21.I. The van der Waals surface area contributed by atoms with Gasteiger partial charge in [-0.25, -0.2) is 0 Å².